The van der Waals surface area contributed by atoms with Gasteiger partial charge >= 0.3 is 0 Å². The average Bonchev–Trinajstić information content (AvgIpc) is 2.04. The molecule has 2 atom stereocenters. The van der Waals surface area contributed by atoms with Gasteiger partial charge in [-0.1, -0.05) is 20.3 Å². The lowest BCUT2D eigenvalue weighted by Crippen LogP contribution is -2.34. The Bertz CT molecular complexity index is 73.6. The molecule has 0 aromatic carbocycles. The zero-order chi connectivity index (χ0) is 8.69. The summed E-state index contributed by atoms with van der Waals surface area (Å²) in [6.45, 7) is 8.48. The summed E-state index contributed by atoms with van der Waals surface area (Å²) in [4.78, 5) is 0. The molecule has 68 valence electrons. The molecule has 0 aliphatic heterocycles. The molecule has 0 amide bonds. The van der Waals surface area contributed by atoms with Gasteiger partial charge in [-0.05, 0) is 25.8 Å². The molecular formula is C9H22N2. The normalized spacial score (nSPS) is 16.4. The van der Waals surface area contributed by atoms with Gasteiger partial charge in [0.25, 0.3) is 0 Å². The molecule has 2 heteroatoms. The summed E-state index contributed by atoms with van der Waals surface area (Å²) < 4.78 is 0. The van der Waals surface area contributed by atoms with Crippen LogP contribution in [0.4, 0.5) is 0 Å². The van der Waals surface area contributed by atoms with Crippen molar-refractivity contribution in [1.29, 1.82) is 0 Å². The molecule has 0 aromatic rings. The fraction of sp³-hybridized carbons (Fsp3) is 1.00. The molecule has 3 N–H and O–H groups in total. The molecular weight excluding hydrogens is 136 g/mol. The summed E-state index contributed by atoms with van der Waals surface area (Å²) >= 11 is 0. The molecule has 1 unspecified atom stereocenters. The molecule has 2 nitrogen and oxygen atoms in total. The first-order valence-electron chi connectivity index (χ1n) is 4.64. The lowest BCUT2D eigenvalue weighted by atomic mass is 10.1. The van der Waals surface area contributed by atoms with Crippen molar-refractivity contribution < 1.29 is 0 Å². The second kappa shape index (κ2) is 6.62. The van der Waals surface area contributed by atoms with Gasteiger partial charge in [0.1, 0.15) is 0 Å². The van der Waals surface area contributed by atoms with Gasteiger partial charge in [0.05, 0.1) is 0 Å². The third-order valence-corrected chi connectivity index (χ3v) is 2.18. The molecule has 0 fully saturated rings. The minimum atomic E-state index is 0.471. The first-order valence-corrected chi connectivity index (χ1v) is 4.64. The van der Waals surface area contributed by atoms with E-state index in [1.807, 2.05) is 0 Å². The minimum absolute atomic E-state index is 0.471. The van der Waals surface area contributed by atoms with Gasteiger partial charge < -0.3 is 11.1 Å². The van der Waals surface area contributed by atoms with Crippen LogP contribution in [0.1, 0.15) is 33.6 Å². The highest BCUT2D eigenvalue weighted by Gasteiger charge is 2.00. The van der Waals surface area contributed by atoms with Crippen LogP contribution >= 0.6 is 0 Å². The van der Waals surface area contributed by atoms with Crippen LogP contribution in [0.25, 0.3) is 0 Å². The van der Waals surface area contributed by atoms with E-state index in [9.17, 15) is 0 Å². The van der Waals surface area contributed by atoms with Crippen molar-refractivity contribution in [3.8, 4) is 0 Å². The van der Waals surface area contributed by atoms with E-state index in [-0.39, 0.29) is 0 Å². The van der Waals surface area contributed by atoms with Gasteiger partial charge in [-0.2, -0.15) is 0 Å². The van der Waals surface area contributed by atoms with Crippen LogP contribution in [-0.4, -0.2) is 19.1 Å². The zero-order valence-corrected chi connectivity index (χ0v) is 8.06. The van der Waals surface area contributed by atoms with Gasteiger partial charge in [0, 0.05) is 12.6 Å². The quantitative estimate of drug-likeness (QED) is 0.612. The monoisotopic (exact) mass is 158 g/mol. The molecule has 0 aliphatic rings. The van der Waals surface area contributed by atoms with Crippen molar-refractivity contribution in [3.63, 3.8) is 0 Å². The van der Waals surface area contributed by atoms with E-state index < -0.39 is 0 Å². The fourth-order valence-electron chi connectivity index (χ4n) is 0.864. The van der Waals surface area contributed by atoms with Gasteiger partial charge in [0.15, 0.2) is 0 Å². The summed E-state index contributed by atoms with van der Waals surface area (Å²) in [6, 6.07) is 0.471. The number of hydrogen-bond acceptors (Lipinski definition) is 2. The smallest absolute Gasteiger partial charge is 0.0161 e. The predicted octanol–water partition coefficient (Wildman–Crippen LogP) is 1.36. The average molecular weight is 158 g/mol. The van der Waals surface area contributed by atoms with Crippen LogP contribution in [0, 0.1) is 5.92 Å². The van der Waals surface area contributed by atoms with E-state index in [0.29, 0.717) is 6.04 Å². The van der Waals surface area contributed by atoms with Crippen molar-refractivity contribution in [1.82, 2.24) is 5.32 Å². The fourth-order valence-corrected chi connectivity index (χ4v) is 0.864. The second-order valence-corrected chi connectivity index (χ2v) is 3.39. The van der Waals surface area contributed by atoms with Crippen molar-refractivity contribution in [2.24, 2.45) is 11.7 Å². The van der Waals surface area contributed by atoms with Crippen molar-refractivity contribution in [3.05, 3.63) is 0 Å². The highest BCUT2D eigenvalue weighted by molar-refractivity contribution is 4.61. The summed E-state index contributed by atoms with van der Waals surface area (Å²) in [7, 11) is 0. The second-order valence-electron chi connectivity index (χ2n) is 3.39. The van der Waals surface area contributed by atoms with E-state index in [2.05, 4.69) is 26.1 Å². The molecule has 11 heavy (non-hydrogen) atoms. The Balaban J connectivity index is 3.13. The molecule has 0 saturated carbocycles. The van der Waals surface area contributed by atoms with Crippen LogP contribution in [-0.2, 0) is 0 Å². The lowest BCUT2D eigenvalue weighted by Gasteiger charge is -2.13. The maximum Gasteiger partial charge on any atom is 0.0161 e. The summed E-state index contributed by atoms with van der Waals surface area (Å²) in [5.41, 5.74) is 5.46. The Morgan fingerprint density at radius 1 is 1.36 bits per heavy atom. The molecule has 0 radical (unpaired) electrons. The Morgan fingerprint density at radius 3 is 2.45 bits per heavy atom. The summed E-state index contributed by atoms with van der Waals surface area (Å²) in [5, 5.41) is 3.37. The maximum absolute atomic E-state index is 5.46. The van der Waals surface area contributed by atoms with Crippen molar-refractivity contribution in [2.45, 2.75) is 39.7 Å². The number of nitrogens with two attached hydrogens (primary N) is 1. The molecule has 0 saturated heterocycles. The summed E-state index contributed by atoms with van der Waals surface area (Å²) in [5.74, 6) is 0.840. The van der Waals surface area contributed by atoms with Crippen molar-refractivity contribution in [2.75, 3.05) is 13.1 Å². The van der Waals surface area contributed by atoms with E-state index in [0.717, 1.165) is 19.0 Å². The topological polar surface area (TPSA) is 38.0 Å². The Labute approximate surface area is 70.5 Å². The molecule has 0 aliphatic carbocycles. The van der Waals surface area contributed by atoms with Crippen LogP contribution in [0.15, 0.2) is 0 Å². The van der Waals surface area contributed by atoms with Gasteiger partial charge in [0.2, 0.25) is 0 Å². The zero-order valence-electron chi connectivity index (χ0n) is 8.06. The minimum Gasteiger partial charge on any atom is -0.329 e. The molecule has 0 heterocycles. The maximum atomic E-state index is 5.46. The largest absolute Gasteiger partial charge is 0.329 e. The van der Waals surface area contributed by atoms with Crippen LogP contribution in [0.3, 0.4) is 0 Å². The summed E-state index contributed by atoms with van der Waals surface area (Å²) in [6.07, 6.45) is 2.54. The highest BCUT2D eigenvalue weighted by Crippen LogP contribution is 2.04. The van der Waals surface area contributed by atoms with Gasteiger partial charge in [-0.3, -0.25) is 0 Å². The molecule has 0 rings (SSSR count). The first kappa shape index (κ1) is 10.9. The number of hydrogen-bond donors (Lipinski definition) is 2. The van der Waals surface area contributed by atoms with E-state index >= 15 is 0 Å². The van der Waals surface area contributed by atoms with E-state index in [1.165, 1.54) is 12.8 Å². The molecule has 0 spiro atoms. The number of rotatable bonds is 6. The third-order valence-electron chi connectivity index (χ3n) is 2.18. The molecule has 0 aromatic heterocycles. The van der Waals surface area contributed by atoms with Gasteiger partial charge in [-0.25, -0.2) is 0 Å². The van der Waals surface area contributed by atoms with Crippen LogP contribution in [0.5, 0.6) is 0 Å². The molecule has 0 bridgehead atoms. The highest BCUT2D eigenvalue weighted by atomic mass is 14.9. The predicted molar refractivity (Wildman–Crippen MR) is 50.6 cm³/mol. The van der Waals surface area contributed by atoms with E-state index in [4.69, 9.17) is 5.73 Å². The Morgan fingerprint density at radius 2 is 2.00 bits per heavy atom. The van der Waals surface area contributed by atoms with Crippen LogP contribution < -0.4 is 11.1 Å². The third kappa shape index (κ3) is 6.32. The first-order chi connectivity index (χ1) is 5.20. The standard InChI is InChI=1S/C9H22N2/c1-4-8(2)5-6-11-9(3)7-10/h8-9,11H,4-7,10H2,1-3H3/t8?,9-/m0/s1. The van der Waals surface area contributed by atoms with Crippen molar-refractivity contribution >= 4 is 0 Å². The van der Waals surface area contributed by atoms with E-state index in [1.54, 1.807) is 0 Å². The lowest BCUT2D eigenvalue weighted by molar-refractivity contribution is 0.460. The van der Waals surface area contributed by atoms with Gasteiger partial charge in [-0.15, -0.1) is 0 Å². The Kier molecular flexibility index (Phi) is 6.57. The van der Waals surface area contributed by atoms with Crippen LogP contribution in [0.2, 0.25) is 0 Å². The number of nitrogens with one attached hydrogen (secondary N) is 1. The Hall–Kier alpha value is -0.0800. The SMILES string of the molecule is CCC(C)CCN[C@@H](C)CN.